The zero-order valence-corrected chi connectivity index (χ0v) is 7.61. The summed E-state index contributed by atoms with van der Waals surface area (Å²) < 4.78 is 50.5. The molecule has 76 valence electrons. The molecule has 0 amide bonds. The van der Waals surface area contributed by atoms with Crippen molar-refractivity contribution in [1.82, 2.24) is 0 Å². The molecule has 2 unspecified atom stereocenters. The van der Waals surface area contributed by atoms with Crippen LogP contribution in [-0.4, -0.2) is 14.0 Å². The Balaban J connectivity index is 3.05. The first-order valence-corrected chi connectivity index (χ1v) is 4.28. The van der Waals surface area contributed by atoms with Gasteiger partial charge in [0.05, 0.1) is 0 Å². The van der Waals surface area contributed by atoms with Gasteiger partial charge in [0.1, 0.15) is 19.6 Å². The maximum absolute atomic E-state index is 13.2. The predicted molar refractivity (Wildman–Crippen MR) is 46.4 cm³/mol. The Labute approximate surface area is 81.1 Å². The van der Waals surface area contributed by atoms with Crippen LogP contribution in [0.1, 0.15) is 13.3 Å². The predicted octanol–water partition coefficient (Wildman–Crippen LogP) is 3.11. The van der Waals surface area contributed by atoms with Crippen molar-refractivity contribution in [2.24, 2.45) is 11.8 Å². The number of hydrogen-bond acceptors (Lipinski definition) is 0. The molecule has 0 bridgehead atoms. The maximum Gasteiger partial charge on any atom is 0.398 e. The summed E-state index contributed by atoms with van der Waals surface area (Å²) in [4.78, 5) is 0. The Bertz CT molecular complexity index is 277. The molecular formula is C9H9BF4. The summed E-state index contributed by atoms with van der Waals surface area (Å²) in [6, 6.07) is 0. The largest absolute Gasteiger partial charge is 0.398 e. The average Bonchev–Trinajstić information content (AvgIpc) is 2.07. The van der Waals surface area contributed by atoms with Crippen molar-refractivity contribution in [3.8, 4) is 0 Å². The third kappa shape index (κ3) is 2.02. The molecule has 5 heteroatoms. The first-order chi connectivity index (χ1) is 6.38. The molecule has 1 aliphatic carbocycles. The zero-order chi connectivity index (χ0) is 10.9. The lowest BCUT2D eigenvalue weighted by Gasteiger charge is -2.28. The number of allylic oxidation sites excluding steroid dienone is 4. The van der Waals surface area contributed by atoms with Crippen molar-refractivity contribution < 1.29 is 17.6 Å². The van der Waals surface area contributed by atoms with Crippen molar-refractivity contribution in [2.75, 3.05) is 0 Å². The van der Waals surface area contributed by atoms with Crippen LogP contribution in [0, 0.1) is 11.8 Å². The van der Waals surface area contributed by atoms with Crippen molar-refractivity contribution in [3.05, 3.63) is 23.5 Å². The van der Waals surface area contributed by atoms with Gasteiger partial charge in [0.15, 0.2) is 0 Å². The van der Waals surface area contributed by atoms with Crippen LogP contribution in [0.4, 0.5) is 17.6 Å². The molecule has 0 aromatic rings. The third-order valence-electron chi connectivity index (χ3n) is 2.32. The molecule has 0 aliphatic heterocycles. The van der Waals surface area contributed by atoms with E-state index in [1.165, 1.54) is 12.2 Å². The van der Waals surface area contributed by atoms with Crippen LogP contribution >= 0.6 is 0 Å². The lowest BCUT2D eigenvalue weighted by Crippen LogP contribution is -2.32. The van der Waals surface area contributed by atoms with Gasteiger partial charge in [0.2, 0.25) is 0 Å². The third-order valence-corrected chi connectivity index (χ3v) is 2.32. The van der Waals surface area contributed by atoms with Gasteiger partial charge < -0.3 is 0 Å². The lowest BCUT2D eigenvalue weighted by molar-refractivity contribution is -0.178. The second-order valence-corrected chi connectivity index (χ2v) is 3.25. The SMILES string of the molecule is [B]C1=C(F)C(C(F)(F)F)C(CC)C=C1. The summed E-state index contributed by atoms with van der Waals surface area (Å²) in [7, 11) is 5.10. The fraction of sp³-hybridized carbons (Fsp3) is 0.556. The molecule has 0 aromatic carbocycles. The Kier molecular flexibility index (Phi) is 3.07. The molecule has 0 aromatic heterocycles. The molecule has 0 fully saturated rings. The van der Waals surface area contributed by atoms with E-state index in [0.717, 1.165) is 0 Å². The van der Waals surface area contributed by atoms with Gasteiger partial charge in [-0.15, -0.1) is 0 Å². The summed E-state index contributed by atoms with van der Waals surface area (Å²) in [6.07, 6.45) is -1.82. The van der Waals surface area contributed by atoms with E-state index in [1.54, 1.807) is 6.92 Å². The van der Waals surface area contributed by atoms with Gasteiger partial charge in [0.25, 0.3) is 0 Å². The molecule has 2 radical (unpaired) electrons. The van der Waals surface area contributed by atoms with Crippen molar-refractivity contribution >= 4 is 7.85 Å². The zero-order valence-electron chi connectivity index (χ0n) is 7.61. The quantitative estimate of drug-likeness (QED) is 0.454. The molecule has 0 N–H and O–H groups in total. The highest BCUT2D eigenvalue weighted by molar-refractivity contribution is 6.23. The van der Waals surface area contributed by atoms with Crippen LogP contribution in [-0.2, 0) is 0 Å². The molecule has 0 heterocycles. The van der Waals surface area contributed by atoms with Crippen LogP contribution in [0.25, 0.3) is 0 Å². The lowest BCUT2D eigenvalue weighted by atomic mass is 9.77. The summed E-state index contributed by atoms with van der Waals surface area (Å²) in [6.45, 7) is 1.59. The first-order valence-electron chi connectivity index (χ1n) is 4.28. The van der Waals surface area contributed by atoms with Crippen LogP contribution in [0.2, 0.25) is 0 Å². The van der Waals surface area contributed by atoms with Gasteiger partial charge in [0, 0.05) is 0 Å². The smallest absolute Gasteiger partial charge is 0.212 e. The number of halogens is 4. The average molecular weight is 204 g/mol. The van der Waals surface area contributed by atoms with Gasteiger partial charge in [-0.2, -0.15) is 13.2 Å². The van der Waals surface area contributed by atoms with Crippen molar-refractivity contribution in [2.45, 2.75) is 19.5 Å². The van der Waals surface area contributed by atoms with Gasteiger partial charge in [-0.3, -0.25) is 0 Å². The second kappa shape index (κ2) is 3.79. The van der Waals surface area contributed by atoms with E-state index in [2.05, 4.69) is 0 Å². The minimum absolute atomic E-state index is 0.237. The van der Waals surface area contributed by atoms with Gasteiger partial charge in [-0.25, -0.2) is 4.39 Å². The molecule has 0 nitrogen and oxygen atoms in total. The van der Waals surface area contributed by atoms with Crippen molar-refractivity contribution in [1.29, 1.82) is 0 Å². The highest BCUT2D eigenvalue weighted by atomic mass is 19.4. The van der Waals surface area contributed by atoms with Crippen molar-refractivity contribution in [3.63, 3.8) is 0 Å². The van der Waals surface area contributed by atoms with Gasteiger partial charge >= 0.3 is 6.18 Å². The minimum atomic E-state index is -4.57. The van der Waals surface area contributed by atoms with E-state index in [-0.39, 0.29) is 6.42 Å². The molecular weight excluding hydrogens is 195 g/mol. The molecule has 0 saturated carbocycles. The maximum atomic E-state index is 13.2. The Morgan fingerprint density at radius 1 is 1.43 bits per heavy atom. The summed E-state index contributed by atoms with van der Waals surface area (Å²) >= 11 is 0. The van der Waals surface area contributed by atoms with E-state index < -0.39 is 29.3 Å². The van der Waals surface area contributed by atoms with E-state index in [9.17, 15) is 17.6 Å². The molecule has 14 heavy (non-hydrogen) atoms. The Hall–Kier alpha value is -0.735. The van der Waals surface area contributed by atoms with Gasteiger partial charge in [-0.1, -0.05) is 24.5 Å². The highest BCUT2D eigenvalue weighted by Gasteiger charge is 2.47. The Morgan fingerprint density at radius 2 is 2.00 bits per heavy atom. The van der Waals surface area contributed by atoms with Crippen LogP contribution in [0.5, 0.6) is 0 Å². The first kappa shape index (κ1) is 11.3. The van der Waals surface area contributed by atoms with Gasteiger partial charge in [-0.05, 0) is 12.3 Å². The van der Waals surface area contributed by atoms with E-state index >= 15 is 0 Å². The molecule has 0 spiro atoms. The summed E-state index contributed by atoms with van der Waals surface area (Å²) in [5.74, 6) is -4.17. The Morgan fingerprint density at radius 3 is 2.43 bits per heavy atom. The molecule has 1 aliphatic rings. The van der Waals surface area contributed by atoms with E-state index in [1.807, 2.05) is 0 Å². The number of alkyl halides is 3. The van der Waals surface area contributed by atoms with Crippen LogP contribution < -0.4 is 0 Å². The number of rotatable bonds is 1. The van der Waals surface area contributed by atoms with E-state index in [4.69, 9.17) is 7.85 Å². The topological polar surface area (TPSA) is 0 Å². The standard InChI is InChI=1S/C9H9BF4/c1-2-5-3-4-6(10)8(11)7(5)9(12,13)14/h3-5,7H,2H2,1H3. The number of hydrogen-bond donors (Lipinski definition) is 0. The van der Waals surface area contributed by atoms with Crippen LogP contribution in [0.3, 0.4) is 0 Å². The second-order valence-electron chi connectivity index (χ2n) is 3.25. The minimum Gasteiger partial charge on any atom is -0.212 e. The summed E-state index contributed by atoms with van der Waals surface area (Å²) in [5, 5.41) is 0. The monoisotopic (exact) mass is 204 g/mol. The molecule has 2 atom stereocenters. The van der Waals surface area contributed by atoms with E-state index in [0.29, 0.717) is 0 Å². The summed E-state index contributed by atoms with van der Waals surface area (Å²) in [5.41, 5.74) is -0.419. The highest BCUT2D eigenvalue weighted by Crippen LogP contribution is 2.43. The molecule has 0 saturated heterocycles. The fourth-order valence-electron chi connectivity index (χ4n) is 1.54. The normalized spacial score (nSPS) is 28.4. The molecule has 1 rings (SSSR count). The fourth-order valence-corrected chi connectivity index (χ4v) is 1.54. The van der Waals surface area contributed by atoms with Crippen LogP contribution in [0.15, 0.2) is 23.5 Å².